The Kier molecular flexibility index (Phi) is 4.88. The molecule has 1 amide bonds. The summed E-state index contributed by atoms with van der Waals surface area (Å²) >= 11 is 0. The minimum absolute atomic E-state index is 0.0650. The van der Waals surface area contributed by atoms with E-state index in [2.05, 4.69) is 19.9 Å². The Balaban J connectivity index is 1.30. The molecule has 138 valence electrons. The Bertz CT molecular complexity index is 765. The normalized spacial score (nSPS) is 19.5. The van der Waals surface area contributed by atoms with Gasteiger partial charge in [-0.25, -0.2) is 9.97 Å². The van der Waals surface area contributed by atoms with E-state index in [1.54, 1.807) is 11.2 Å². The second-order valence-electron chi connectivity index (χ2n) is 7.07. The van der Waals surface area contributed by atoms with E-state index < -0.39 is 0 Å². The number of hydrogen-bond donors (Lipinski definition) is 1. The number of carbonyl (C=O) groups excluding carboxylic acids is 1. The molecule has 0 bridgehead atoms. The van der Waals surface area contributed by atoms with Crippen LogP contribution in [0.1, 0.15) is 47.4 Å². The van der Waals surface area contributed by atoms with Crippen molar-refractivity contribution < 1.29 is 9.53 Å². The third kappa shape index (κ3) is 3.72. The lowest BCUT2D eigenvalue weighted by Crippen LogP contribution is -2.32. The first-order chi connectivity index (χ1) is 12.7. The van der Waals surface area contributed by atoms with E-state index in [1.165, 1.54) is 12.8 Å². The second kappa shape index (κ2) is 7.45. The summed E-state index contributed by atoms with van der Waals surface area (Å²) < 4.78 is 7.53. The first-order valence-electron chi connectivity index (χ1n) is 9.28. The third-order valence-corrected chi connectivity index (χ3v) is 5.07. The van der Waals surface area contributed by atoms with Crippen LogP contribution in [-0.2, 0) is 4.74 Å². The highest BCUT2D eigenvalue weighted by Crippen LogP contribution is 2.36. The highest BCUT2D eigenvalue weighted by molar-refractivity contribution is 5.92. The Morgan fingerprint density at radius 1 is 1.38 bits per heavy atom. The van der Waals surface area contributed by atoms with E-state index in [-0.39, 0.29) is 5.91 Å². The van der Waals surface area contributed by atoms with Crippen molar-refractivity contribution in [2.24, 2.45) is 0 Å². The van der Waals surface area contributed by atoms with Crippen molar-refractivity contribution >= 4 is 11.7 Å². The number of hydrogen-bond acceptors (Lipinski definition) is 5. The maximum Gasteiger partial charge on any atom is 0.270 e. The standard InChI is InChI=1S/C19H25N5O2/c1-23(19(25)17-3-2-8-24(17)15-4-5-15)9-7-20-18-11-16(21-13-22-18)14-6-10-26-12-14/h2-3,8,11,13-15H,4-7,9-10,12H2,1H3,(H,20,21,22)/t14-/m1/s1. The maximum atomic E-state index is 12.7. The predicted octanol–water partition coefficient (Wildman–Crippen LogP) is 2.30. The lowest BCUT2D eigenvalue weighted by Gasteiger charge is -2.19. The summed E-state index contributed by atoms with van der Waals surface area (Å²) in [6, 6.07) is 6.35. The smallest absolute Gasteiger partial charge is 0.270 e. The maximum absolute atomic E-state index is 12.7. The van der Waals surface area contributed by atoms with Gasteiger partial charge in [0.1, 0.15) is 17.8 Å². The number of nitrogens with one attached hydrogen (secondary N) is 1. The van der Waals surface area contributed by atoms with Crippen LogP contribution in [0.5, 0.6) is 0 Å². The molecule has 3 heterocycles. The molecule has 0 radical (unpaired) electrons. The SMILES string of the molecule is CN(CCNc1cc([C@@H]2CCOC2)ncn1)C(=O)c1cccn1C1CC1. The monoisotopic (exact) mass is 355 g/mol. The molecule has 7 nitrogen and oxygen atoms in total. The van der Waals surface area contributed by atoms with Gasteiger partial charge >= 0.3 is 0 Å². The van der Waals surface area contributed by atoms with Crippen LogP contribution < -0.4 is 5.32 Å². The van der Waals surface area contributed by atoms with E-state index in [0.717, 1.165) is 36.8 Å². The number of anilines is 1. The number of rotatable bonds is 7. The van der Waals surface area contributed by atoms with Gasteiger partial charge in [-0.2, -0.15) is 0 Å². The number of nitrogens with zero attached hydrogens (tertiary/aromatic N) is 4. The quantitative estimate of drug-likeness (QED) is 0.825. The molecule has 0 spiro atoms. The van der Waals surface area contributed by atoms with Crippen molar-refractivity contribution in [2.45, 2.75) is 31.2 Å². The van der Waals surface area contributed by atoms with Crippen molar-refractivity contribution in [1.29, 1.82) is 0 Å². The average molecular weight is 355 g/mol. The summed E-state index contributed by atoms with van der Waals surface area (Å²) in [7, 11) is 1.84. The second-order valence-corrected chi connectivity index (χ2v) is 7.07. The van der Waals surface area contributed by atoms with Crippen LogP contribution in [0.4, 0.5) is 5.82 Å². The van der Waals surface area contributed by atoms with Gasteiger partial charge in [0, 0.05) is 51.0 Å². The summed E-state index contributed by atoms with van der Waals surface area (Å²) in [4.78, 5) is 23.1. The van der Waals surface area contributed by atoms with Crippen molar-refractivity contribution in [2.75, 3.05) is 38.7 Å². The van der Waals surface area contributed by atoms with Crippen LogP contribution in [0, 0.1) is 0 Å². The number of ether oxygens (including phenoxy) is 1. The number of amides is 1. The first-order valence-corrected chi connectivity index (χ1v) is 9.28. The van der Waals surface area contributed by atoms with Gasteiger partial charge in [-0.15, -0.1) is 0 Å². The van der Waals surface area contributed by atoms with Gasteiger partial charge in [0.15, 0.2) is 0 Å². The molecule has 1 saturated carbocycles. The van der Waals surface area contributed by atoms with E-state index >= 15 is 0 Å². The third-order valence-electron chi connectivity index (χ3n) is 5.07. The molecule has 1 saturated heterocycles. The van der Waals surface area contributed by atoms with Crippen LogP contribution in [0.15, 0.2) is 30.7 Å². The molecule has 1 N–H and O–H groups in total. The molecule has 1 aliphatic heterocycles. The summed E-state index contributed by atoms with van der Waals surface area (Å²) in [5, 5.41) is 3.30. The molecule has 26 heavy (non-hydrogen) atoms. The van der Waals surface area contributed by atoms with Gasteiger partial charge < -0.3 is 19.5 Å². The molecule has 1 atom stereocenters. The van der Waals surface area contributed by atoms with Crippen LogP contribution in [0.3, 0.4) is 0 Å². The van der Waals surface area contributed by atoms with Crippen molar-refractivity contribution in [3.05, 3.63) is 42.1 Å². The lowest BCUT2D eigenvalue weighted by molar-refractivity contribution is 0.0789. The summed E-state index contributed by atoms with van der Waals surface area (Å²) in [6.07, 6.45) is 6.94. The molecule has 1 aliphatic carbocycles. The van der Waals surface area contributed by atoms with Gasteiger partial charge in [0.25, 0.3) is 5.91 Å². The fraction of sp³-hybridized carbons (Fsp3) is 0.526. The van der Waals surface area contributed by atoms with Gasteiger partial charge in [-0.3, -0.25) is 4.79 Å². The van der Waals surface area contributed by atoms with E-state index in [0.29, 0.717) is 25.0 Å². The van der Waals surface area contributed by atoms with Gasteiger partial charge in [-0.05, 0) is 31.4 Å². The Hall–Kier alpha value is -2.41. The van der Waals surface area contributed by atoms with E-state index in [9.17, 15) is 4.79 Å². The number of carbonyl (C=O) groups is 1. The molecule has 2 fully saturated rings. The molecular formula is C19H25N5O2. The van der Waals surface area contributed by atoms with Gasteiger partial charge in [0.05, 0.1) is 12.3 Å². The highest BCUT2D eigenvalue weighted by Gasteiger charge is 2.27. The summed E-state index contributed by atoms with van der Waals surface area (Å²) in [5.74, 6) is 1.22. The average Bonchev–Trinajstić information content (AvgIpc) is 3.15. The molecule has 7 heteroatoms. The van der Waals surface area contributed by atoms with Crippen molar-refractivity contribution in [3.8, 4) is 0 Å². The Labute approximate surface area is 153 Å². The minimum atomic E-state index is 0.0650. The predicted molar refractivity (Wildman–Crippen MR) is 98.4 cm³/mol. The number of aromatic nitrogens is 3. The Morgan fingerprint density at radius 2 is 2.27 bits per heavy atom. The molecular weight excluding hydrogens is 330 g/mol. The van der Waals surface area contributed by atoms with Crippen molar-refractivity contribution in [3.63, 3.8) is 0 Å². The zero-order chi connectivity index (χ0) is 17.9. The summed E-state index contributed by atoms with van der Waals surface area (Å²) in [5.41, 5.74) is 1.80. The topological polar surface area (TPSA) is 72.3 Å². The molecule has 4 rings (SSSR count). The minimum Gasteiger partial charge on any atom is -0.381 e. The zero-order valence-corrected chi connectivity index (χ0v) is 15.1. The first kappa shape index (κ1) is 17.0. The molecule has 0 aromatic carbocycles. The van der Waals surface area contributed by atoms with Crippen LogP contribution >= 0.6 is 0 Å². The molecule has 0 unspecified atom stereocenters. The van der Waals surface area contributed by atoms with Gasteiger partial charge in [0.2, 0.25) is 0 Å². The lowest BCUT2D eigenvalue weighted by atomic mass is 10.1. The van der Waals surface area contributed by atoms with E-state index in [1.807, 2.05) is 31.4 Å². The van der Waals surface area contributed by atoms with E-state index in [4.69, 9.17) is 4.74 Å². The van der Waals surface area contributed by atoms with Gasteiger partial charge in [-0.1, -0.05) is 0 Å². The van der Waals surface area contributed by atoms with Crippen molar-refractivity contribution in [1.82, 2.24) is 19.4 Å². The molecule has 2 aliphatic rings. The fourth-order valence-corrected chi connectivity index (χ4v) is 3.35. The Morgan fingerprint density at radius 3 is 3.04 bits per heavy atom. The number of likely N-dealkylation sites (N-methyl/N-ethyl adjacent to an activating group) is 1. The zero-order valence-electron chi connectivity index (χ0n) is 15.1. The molecule has 2 aromatic heterocycles. The fourth-order valence-electron chi connectivity index (χ4n) is 3.35. The molecule has 2 aromatic rings. The largest absolute Gasteiger partial charge is 0.381 e. The van der Waals surface area contributed by atoms with Crippen LogP contribution in [0.2, 0.25) is 0 Å². The van der Waals surface area contributed by atoms with Crippen LogP contribution in [0.25, 0.3) is 0 Å². The van der Waals surface area contributed by atoms with Crippen LogP contribution in [-0.4, -0.2) is 58.7 Å². The highest BCUT2D eigenvalue weighted by atomic mass is 16.5. The summed E-state index contributed by atoms with van der Waals surface area (Å²) in [6.45, 7) is 2.78.